The normalized spacial score (nSPS) is 19.6. The quantitative estimate of drug-likeness (QED) is 0.372. The van der Waals surface area contributed by atoms with Gasteiger partial charge < -0.3 is 19.3 Å². The van der Waals surface area contributed by atoms with Crippen LogP contribution in [-0.2, 0) is 11.8 Å². The first-order chi connectivity index (χ1) is 16.9. The summed E-state index contributed by atoms with van der Waals surface area (Å²) in [6.07, 6.45) is 6.23. The number of imidazole rings is 1. The molecule has 1 aromatic carbocycles. The number of hydrogen-bond acceptors (Lipinski definition) is 6. The summed E-state index contributed by atoms with van der Waals surface area (Å²) in [4.78, 5) is 22.4. The van der Waals surface area contributed by atoms with E-state index in [1.165, 1.54) is 0 Å². The van der Waals surface area contributed by atoms with Gasteiger partial charge in [-0.25, -0.2) is 9.37 Å². The maximum Gasteiger partial charge on any atom is 0.303 e. The predicted molar refractivity (Wildman–Crippen MR) is 136 cm³/mol. The topological polar surface area (TPSA) is 80.5 Å². The summed E-state index contributed by atoms with van der Waals surface area (Å²) in [5.41, 5.74) is 1.36. The van der Waals surface area contributed by atoms with Crippen LogP contribution in [0.25, 0.3) is 10.9 Å². The molecule has 1 aliphatic heterocycles. The number of likely N-dealkylation sites (tertiary alicyclic amines) is 1. The van der Waals surface area contributed by atoms with Crippen molar-refractivity contribution in [2.24, 2.45) is 18.9 Å². The molecule has 0 saturated carbocycles. The van der Waals surface area contributed by atoms with Crippen LogP contribution in [0.15, 0.2) is 48.0 Å². The van der Waals surface area contributed by atoms with Gasteiger partial charge in [0.05, 0.1) is 30.2 Å². The molecule has 0 bridgehead atoms. The molecular weight excluding hydrogens is 467 g/mol. The van der Waals surface area contributed by atoms with Crippen LogP contribution in [0, 0.1) is 11.8 Å². The third-order valence-electron chi connectivity index (χ3n) is 6.95. The fourth-order valence-corrected chi connectivity index (χ4v) is 5.97. The van der Waals surface area contributed by atoms with Crippen LogP contribution in [0.5, 0.6) is 5.75 Å². The van der Waals surface area contributed by atoms with Crippen LogP contribution in [0.2, 0.25) is 0 Å². The second kappa shape index (κ2) is 11.9. The minimum Gasteiger partial charge on any atom is -0.497 e. The number of fused-ring (bicyclic) bond motifs is 1. The number of pyridine rings is 1. The van der Waals surface area contributed by atoms with Crippen molar-refractivity contribution in [1.82, 2.24) is 19.4 Å². The molecule has 1 unspecified atom stereocenters. The number of carbonyl (C=O) groups is 1. The molecule has 4 rings (SSSR count). The molecule has 0 amide bonds. The molecule has 7 nitrogen and oxygen atoms in total. The molecule has 1 aliphatic rings. The number of rotatable bonds is 11. The standard InChI is InChI=1S/C26H33FN4O3S/c1-30-17-28-15-25(30)35-12-11-31-10-8-18(19(16-31)13-26(32)33)3-5-23(27)21-7-9-29-24-6-4-20(34-2)14-22(21)24/h4,6-7,9,14-15,17-19,23H,3,5,8,10-13,16H2,1-2H3,(H,32,33)/t18-,19+,23?/m1/s1. The molecule has 188 valence electrons. The van der Waals surface area contributed by atoms with E-state index in [0.29, 0.717) is 24.2 Å². The van der Waals surface area contributed by atoms with Gasteiger partial charge in [-0.05, 0) is 67.5 Å². The van der Waals surface area contributed by atoms with Gasteiger partial charge >= 0.3 is 5.97 Å². The highest BCUT2D eigenvalue weighted by molar-refractivity contribution is 7.99. The van der Waals surface area contributed by atoms with Crippen LogP contribution in [0.4, 0.5) is 4.39 Å². The summed E-state index contributed by atoms with van der Waals surface area (Å²) >= 11 is 1.76. The van der Waals surface area contributed by atoms with Gasteiger partial charge in [0.25, 0.3) is 0 Å². The number of carboxylic acids is 1. The van der Waals surface area contributed by atoms with E-state index in [4.69, 9.17) is 4.74 Å². The number of carboxylic acid groups (broad SMARTS) is 1. The van der Waals surface area contributed by atoms with E-state index in [9.17, 15) is 9.90 Å². The number of thioether (sulfide) groups is 1. The van der Waals surface area contributed by atoms with Crippen LogP contribution in [-0.4, -0.2) is 63.0 Å². The molecule has 0 radical (unpaired) electrons. The van der Waals surface area contributed by atoms with Crippen LogP contribution >= 0.6 is 11.8 Å². The van der Waals surface area contributed by atoms with Crippen LogP contribution in [0.3, 0.4) is 0 Å². The SMILES string of the molecule is COc1ccc2nccc(C(F)CC[C@@H]3CCN(CCSc4cncn4C)C[C@@H]3CC(=O)O)c2c1. The molecule has 0 aliphatic carbocycles. The van der Waals surface area contributed by atoms with Crippen molar-refractivity contribution < 1.29 is 19.0 Å². The Balaban J connectivity index is 1.35. The number of aliphatic carboxylic acids is 1. The van der Waals surface area contributed by atoms with Crippen molar-refractivity contribution in [1.29, 1.82) is 0 Å². The predicted octanol–water partition coefficient (Wildman–Crippen LogP) is 4.97. The summed E-state index contributed by atoms with van der Waals surface area (Å²) in [5, 5.41) is 11.4. The Morgan fingerprint density at radius 1 is 1.34 bits per heavy atom. The number of methoxy groups -OCH3 is 1. The van der Waals surface area contributed by atoms with Gasteiger partial charge in [-0.3, -0.25) is 9.78 Å². The Morgan fingerprint density at radius 3 is 2.94 bits per heavy atom. The lowest BCUT2D eigenvalue weighted by Crippen LogP contribution is -2.42. The van der Waals surface area contributed by atoms with Gasteiger partial charge in [0.1, 0.15) is 11.9 Å². The highest BCUT2D eigenvalue weighted by Crippen LogP contribution is 2.36. The van der Waals surface area contributed by atoms with Crippen molar-refractivity contribution in [3.05, 3.63) is 48.5 Å². The lowest BCUT2D eigenvalue weighted by molar-refractivity contribution is -0.139. The number of ether oxygens (including phenoxy) is 1. The summed E-state index contributed by atoms with van der Waals surface area (Å²) in [5.74, 6) is 1.05. The highest BCUT2D eigenvalue weighted by Gasteiger charge is 2.31. The summed E-state index contributed by atoms with van der Waals surface area (Å²) in [6, 6.07) is 7.24. The fraction of sp³-hybridized carbons (Fsp3) is 0.500. The van der Waals surface area contributed by atoms with E-state index < -0.39 is 12.1 Å². The average Bonchev–Trinajstić information content (AvgIpc) is 3.26. The lowest BCUT2D eigenvalue weighted by atomic mass is 9.79. The first-order valence-corrected chi connectivity index (χ1v) is 13.0. The van der Waals surface area contributed by atoms with E-state index in [1.54, 1.807) is 37.5 Å². The molecular formula is C26H33FN4O3S. The molecule has 35 heavy (non-hydrogen) atoms. The minimum atomic E-state index is -1.13. The van der Waals surface area contributed by atoms with Crippen molar-refractivity contribution >= 4 is 28.6 Å². The van der Waals surface area contributed by atoms with Gasteiger partial charge in [0.2, 0.25) is 0 Å². The number of aryl methyl sites for hydroxylation is 1. The molecule has 2 aromatic heterocycles. The Morgan fingerprint density at radius 2 is 2.20 bits per heavy atom. The number of piperidine rings is 1. The first-order valence-electron chi connectivity index (χ1n) is 12.0. The monoisotopic (exact) mass is 500 g/mol. The maximum atomic E-state index is 15.5. The molecule has 1 fully saturated rings. The number of benzene rings is 1. The molecule has 3 aromatic rings. The summed E-state index contributed by atoms with van der Waals surface area (Å²) < 4.78 is 22.8. The number of halogens is 1. The second-order valence-electron chi connectivity index (χ2n) is 9.23. The summed E-state index contributed by atoms with van der Waals surface area (Å²) in [7, 11) is 3.57. The van der Waals surface area contributed by atoms with Crippen molar-refractivity contribution in [3.63, 3.8) is 0 Å². The minimum absolute atomic E-state index is 0.0319. The molecule has 0 spiro atoms. The third kappa shape index (κ3) is 6.52. The Labute approximate surface area is 209 Å². The Hall–Kier alpha value is -2.65. The third-order valence-corrected chi connectivity index (χ3v) is 8.03. The zero-order chi connectivity index (χ0) is 24.8. The van der Waals surface area contributed by atoms with Gasteiger partial charge in [0.15, 0.2) is 0 Å². The van der Waals surface area contributed by atoms with E-state index >= 15 is 4.39 Å². The second-order valence-corrected chi connectivity index (χ2v) is 10.3. The maximum absolute atomic E-state index is 15.5. The highest BCUT2D eigenvalue weighted by atomic mass is 32.2. The van der Waals surface area contributed by atoms with Gasteiger partial charge in [-0.2, -0.15) is 0 Å². The van der Waals surface area contributed by atoms with E-state index in [0.717, 1.165) is 47.7 Å². The molecule has 3 atom stereocenters. The summed E-state index contributed by atoms with van der Waals surface area (Å²) in [6.45, 7) is 2.56. The molecule has 1 N–H and O–H groups in total. The number of hydrogen-bond donors (Lipinski definition) is 1. The lowest BCUT2D eigenvalue weighted by Gasteiger charge is -2.38. The largest absolute Gasteiger partial charge is 0.497 e. The van der Waals surface area contributed by atoms with Gasteiger partial charge in [0, 0.05) is 43.9 Å². The number of alkyl halides is 1. The van der Waals surface area contributed by atoms with E-state index in [1.807, 2.05) is 36.0 Å². The smallest absolute Gasteiger partial charge is 0.303 e. The van der Waals surface area contributed by atoms with Crippen LogP contribution in [0.1, 0.15) is 37.4 Å². The Bertz CT molecular complexity index is 1140. The van der Waals surface area contributed by atoms with E-state index in [-0.39, 0.29) is 18.3 Å². The van der Waals surface area contributed by atoms with Crippen molar-refractivity contribution in [3.8, 4) is 5.75 Å². The van der Waals surface area contributed by atoms with Gasteiger partial charge in [-0.15, -0.1) is 11.8 Å². The van der Waals surface area contributed by atoms with Crippen molar-refractivity contribution in [2.45, 2.75) is 36.9 Å². The number of aromatic nitrogens is 3. The van der Waals surface area contributed by atoms with Crippen LogP contribution < -0.4 is 4.74 Å². The fourth-order valence-electron chi connectivity index (χ4n) is 5.02. The average molecular weight is 501 g/mol. The zero-order valence-corrected chi connectivity index (χ0v) is 21.1. The zero-order valence-electron chi connectivity index (χ0n) is 20.3. The molecule has 3 heterocycles. The molecule has 9 heteroatoms. The Kier molecular flexibility index (Phi) is 8.62. The molecule has 1 saturated heterocycles. The van der Waals surface area contributed by atoms with Crippen molar-refractivity contribution in [2.75, 3.05) is 32.5 Å². The number of nitrogens with zero attached hydrogens (tertiary/aromatic N) is 4. The van der Waals surface area contributed by atoms with E-state index in [2.05, 4.69) is 14.9 Å². The first kappa shape index (κ1) is 25.4. The van der Waals surface area contributed by atoms with Gasteiger partial charge in [-0.1, -0.05) is 0 Å².